The molecule has 2 N–H and O–H groups in total. The monoisotopic (exact) mass is 367 g/mol. The van der Waals surface area contributed by atoms with Crippen molar-refractivity contribution in [3.63, 3.8) is 0 Å². The van der Waals surface area contributed by atoms with Gasteiger partial charge in [0.2, 0.25) is 5.91 Å². The van der Waals surface area contributed by atoms with E-state index < -0.39 is 0 Å². The average molecular weight is 368 g/mol. The first-order valence-electron chi connectivity index (χ1n) is 9.72. The van der Waals surface area contributed by atoms with Crippen LogP contribution in [0.3, 0.4) is 0 Å². The summed E-state index contributed by atoms with van der Waals surface area (Å²) in [5.74, 6) is 0.462. The standard InChI is InChI=1S/C23H33N3O/c1-6-21(18-10-8-7-9-11-18)23(27)26(15-17(2)3)16-19-14-20(24)12-13-22(19)25(4)5/h7-14,17,21H,6,15-16,24H2,1-5H3. The summed E-state index contributed by atoms with van der Waals surface area (Å²) in [5, 5.41) is 0. The Morgan fingerprint density at radius 2 is 1.74 bits per heavy atom. The summed E-state index contributed by atoms with van der Waals surface area (Å²) in [6.07, 6.45) is 0.787. The number of hydrogen-bond donors (Lipinski definition) is 1. The molecule has 0 aromatic heterocycles. The highest BCUT2D eigenvalue weighted by molar-refractivity contribution is 5.84. The molecule has 0 saturated carbocycles. The minimum atomic E-state index is -0.117. The molecule has 0 heterocycles. The van der Waals surface area contributed by atoms with E-state index in [9.17, 15) is 4.79 Å². The SMILES string of the molecule is CCC(C(=O)N(Cc1cc(N)ccc1N(C)C)CC(C)C)c1ccccc1. The van der Waals surface area contributed by atoms with Crippen LogP contribution in [-0.4, -0.2) is 31.4 Å². The van der Waals surface area contributed by atoms with Crippen LogP contribution in [0.2, 0.25) is 0 Å². The van der Waals surface area contributed by atoms with Crippen molar-refractivity contribution >= 4 is 17.3 Å². The van der Waals surface area contributed by atoms with E-state index in [-0.39, 0.29) is 11.8 Å². The van der Waals surface area contributed by atoms with Gasteiger partial charge in [0, 0.05) is 38.6 Å². The molecule has 0 aliphatic rings. The van der Waals surface area contributed by atoms with Crippen molar-refractivity contribution in [3.05, 3.63) is 59.7 Å². The molecule has 0 fully saturated rings. The Hall–Kier alpha value is -2.49. The highest BCUT2D eigenvalue weighted by Crippen LogP contribution is 2.27. The van der Waals surface area contributed by atoms with Crippen molar-refractivity contribution in [2.45, 2.75) is 39.7 Å². The number of nitrogens with zero attached hydrogens (tertiary/aromatic N) is 2. The molecule has 0 saturated heterocycles. The van der Waals surface area contributed by atoms with Gasteiger partial charge < -0.3 is 15.5 Å². The molecule has 1 unspecified atom stereocenters. The fraction of sp³-hybridized carbons (Fsp3) is 0.435. The van der Waals surface area contributed by atoms with E-state index in [0.717, 1.165) is 35.5 Å². The molecule has 2 aromatic rings. The van der Waals surface area contributed by atoms with Gasteiger partial charge in [0.05, 0.1) is 5.92 Å². The molecule has 0 aliphatic carbocycles. The lowest BCUT2D eigenvalue weighted by molar-refractivity contribution is -0.134. The molecule has 27 heavy (non-hydrogen) atoms. The van der Waals surface area contributed by atoms with E-state index in [0.29, 0.717) is 12.5 Å². The van der Waals surface area contributed by atoms with Crippen molar-refractivity contribution < 1.29 is 4.79 Å². The lowest BCUT2D eigenvalue weighted by atomic mass is 9.94. The quantitative estimate of drug-likeness (QED) is 0.698. The van der Waals surface area contributed by atoms with Crippen LogP contribution in [0.1, 0.15) is 44.2 Å². The van der Waals surface area contributed by atoms with Gasteiger partial charge in [0.15, 0.2) is 0 Å². The molecule has 4 nitrogen and oxygen atoms in total. The summed E-state index contributed by atoms with van der Waals surface area (Å²) in [6.45, 7) is 7.67. The minimum Gasteiger partial charge on any atom is -0.399 e. The second kappa shape index (κ2) is 9.45. The topological polar surface area (TPSA) is 49.6 Å². The Balaban J connectivity index is 2.35. The van der Waals surface area contributed by atoms with E-state index in [1.807, 2.05) is 67.5 Å². The van der Waals surface area contributed by atoms with Gasteiger partial charge in [-0.25, -0.2) is 0 Å². The molecule has 0 spiro atoms. The summed E-state index contributed by atoms with van der Waals surface area (Å²) in [4.78, 5) is 17.5. The highest BCUT2D eigenvalue weighted by atomic mass is 16.2. The first kappa shape index (κ1) is 20.8. The van der Waals surface area contributed by atoms with Crippen LogP contribution in [0.4, 0.5) is 11.4 Å². The third kappa shape index (κ3) is 5.49. The van der Waals surface area contributed by atoms with Crippen LogP contribution in [-0.2, 0) is 11.3 Å². The highest BCUT2D eigenvalue weighted by Gasteiger charge is 2.26. The molecule has 0 bridgehead atoms. The van der Waals surface area contributed by atoms with Gasteiger partial charge in [-0.3, -0.25) is 4.79 Å². The van der Waals surface area contributed by atoms with Crippen molar-refractivity contribution in [2.75, 3.05) is 31.3 Å². The summed E-state index contributed by atoms with van der Waals surface area (Å²) in [5.41, 5.74) is 10.0. The van der Waals surface area contributed by atoms with Crippen LogP contribution in [0.5, 0.6) is 0 Å². The maximum atomic E-state index is 13.5. The zero-order chi connectivity index (χ0) is 20.0. The number of amides is 1. The van der Waals surface area contributed by atoms with Gasteiger partial charge in [0.1, 0.15) is 0 Å². The Labute approximate surface area is 164 Å². The summed E-state index contributed by atoms with van der Waals surface area (Å²) >= 11 is 0. The van der Waals surface area contributed by atoms with Gasteiger partial charge in [0.25, 0.3) is 0 Å². The third-order valence-corrected chi connectivity index (χ3v) is 4.75. The zero-order valence-corrected chi connectivity index (χ0v) is 17.3. The Bertz CT molecular complexity index is 741. The summed E-state index contributed by atoms with van der Waals surface area (Å²) in [7, 11) is 4.03. The number of carbonyl (C=O) groups is 1. The smallest absolute Gasteiger partial charge is 0.230 e. The fourth-order valence-corrected chi connectivity index (χ4v) is 3.51. The molecule has 2 rings (SSSR count). The van der Waals surface area contributed by atoms with Crippen molar-refractivity contribution in [1.82, 2.24) is 4.90 Å². The number of carbonyl (C=O) groups excluding carboxylic acids is 1. The van der Waals surface area contributed by atoms with Crippen molar-refractivity contribution in [3.8, 4) is 0 Å². The number of rotatable bonds is 8. The molecule has 1 amide bonds. The van der Waals surface area contributed by atoms with Gasteiger partial charge in [-0.1, -0.05) is 51.1 Å². The summed E-state index contributed by atoms with van der Waals surface area (Å²) < 4.78 is 0. The van der Waals surface area contributed by atoms with Gasteiger partial charge in [-0.2, -0.15) is 0 Å². The molecular weight excluding hydrogens is 334 g/mol. The molecule has 0 radical (unpaired) electrons. The van der Waals surface area contributed by atoms with Crippen LogP contribution >= 0.6 is 0 Å². The lowest BCUT2D eigenvalue weighted by Crippen LogP contribution is -2.37. The number of anilines is 2. The van der Waals surface area contributed by atoms with Gasteiger partial charge in [-0.05, 0) is 41.7 Å². The molecule has 1 atom stereocenters. The van der Waals surface area contributed by atoms with Crippen molar-refractivity contribution in [1.29, 1.82) is 0 Å². The molecular formula is C23H33N3O. The zero-order valence-electron chi connectivity index (χ0n) is 17.3. The maximum absolute atomic E-state index is 13.5. The molecule has 2 aromatic carbocycles. The number of nitrogens with two attached hydrogens (primary N) is 1. The predicted octanol–water partition coefficient (Wildman–Crippen LogP) is 4.51. The van der Waals surface area contributed by atoms with E-state index in [1.54, 1.807) is 0 Å². The second-order valence-corrected chi connectivity index (χ2v) is 7.77. The average Bonchev–Trinajstić information content (AvgIpc) is 2.62. The molecule has 4 heteroatoms. The van der Waals surface area contributed by atoms with Crippen LogP contribution in [0.15, 0.2) is 48.5 Å². The van der Waals surface area contributed by atoms with Crippen LogP contribution in [0.25, 0.3) is 0 Å². The van der Waals surface area contributed by atoms with Gasteiger partial charge >= 0.3 is 0 Å². The minimum absolute atomic E-state index is 0.117. The van der Waals surface area contributed by atoms with Crippen molar-refractivity contribution in [2.24, 2.45) is 5.92 Å². The van der Waals surface area contributed by atoms with Crippen LogP contribution < -0.4 is 10.6 Å². The lowest BCUT2D eigenvalue weighted by Gasteiger charge is -2.30. The predicted molar refractivity (Wildman–Crippen MR) is 115 cm³/mol. The Morgan fingerprint density at radius 1 is 1.07 bits per heavy atom. The van der Waals surface area contributed by atoms with E-state index in [1.165, 1.54) is 0 Å². The summed E-state index contributed by atoms with van der Waals surface area (Å²) in [6, 6.07) is 16.0. The van der Waals surface area contributed by atoms with Gasteiger partial charge in [-0.15, -0.1) is 0 Å². The van der Waals surface area contributed by atoms with E-state index in [2.05, 4.69) is 25.7 Å². The maximum Gasteiger partial charge on any atom is 0.230 e. The first-order chi connectivity index (χ1) is 12.8. The first-order valence-corrected chi connectivity index (χ1v) is 9.72. The number of benzene rings is 2. The van der Waals surface area contributed by atoms with E-state index >= 15 is 0 Å². The Kier molecular flexibility index (Phi) is 7.28. The molecule has 0 aliphatic heterocycles. The van der Waals surface area contributed by atoms with Crippen LogP contribution in [0, 0.1) is 5.92 Å². The normalized spacial score (nSPS) is 12.1. The second-order valence-electron chi connectivity index (χ2n) is 7.77. The Morgan fingerprint density at radius 3 is 2.30 bits per heavy atom. The fourth-order valence-electron chi connectivity index (χ4n) is 3.51. The third-order valence-electron chi connectivity index (χ3n) is 4.75. The molecule has 146 valence electrons. The van der Waals surface area contributed by atoms with E-state index in [4.69, 9.17) is 5.73 Å². The number of hydrogen-bond acceptors (Lipinski definition) is 3. The largest absolute Gasteiger partial charge is 0.399 e. The number of nitrogen functional groups attached to an aromatic ring is 1.